The van der Waals surface area contributed by atoms with Gasteiger partial charge in [-0.3, -0.25) is 10.1 Å². The average molecular weight is 469 g/mol. The highest BCUT2D eigenvalue weighted by atomic mass is 35.5. The Hall–Kier alpha value is -1.98. The number of carbonyl (C=O) groups excluding carboxylic acids is 1. The number of nitrogens with zero attached hydrogens (tertiary/aromatic N) is 2. The fourth-order valence-corrected chi connectivity index (χ4v) is 5.29. The number of benzene rings is 2. The normalized spacial score (nSPS) is 11.4. The van der Waals surface area contributed by atoms with Crippen molar-refractivity contribution in [2.24, 2.45) is 0 Å². The van der Waals surface area contributed by atoms with Crippen molar-refractivity contribution in [3.05, 3.63) is 64.7 Å². The number of anilines is 1. The van der Waals surface area contributed by atoms with E-state index in [1.165, 1.54) is 11.8 Å². The zero-order valence-corrected chi connectivity index (χ0v) is 18.5. The van der Waals surface area contributed by atoms with Crippen LogP contribution in [0.2, 0.25) is 5.02 Å². The van der Waals surface area contributed by atoms with Crippen LogP contribution in [0.5, 0.6) is 0 Å². The Morgan fingerprint density at radius 2 is 1.86 bits per heavy atom. The summed E-state index contributed by atoms with van der Waals surface area (Å²) < 4.78 is 27.0. The summed E-state index contributed by atoms with van der Waals surface area (Å²) in [6.45, 7) is 2.04. The molecule has 0 saturated carbocycles. The monoisotopic (exact) mass is 468 g/mol. The van der Waals surface area contributed by atoms with Gasteiger partial charge in [-0.05, 0) is 42.8 Å². The minimum absolute atomic E-state index is 0.120. The fourth-order valence-electron chi connectivity index (χ4n) is 2.30. The van der Waals surface area contributed by atoms with Crippen molar-refractivity contribution in [3.8, 4) is 0 Å². The first-order valence-electron chi connectivity index (χ1n) is 8.44. The molecule has 0 radical (unpaired) electrons. The molecule has 152 valence electrons. The smallest absolute Gasteiger partial charge is 0.269 e. The summed E-state index contributed by atoms with van der Waals surface area (Å²) >= 11 is 8.14. The predicted octanol–water partition coefficient (Wildman–Crippen LogP) is 3.82. The van der Waals surface area contributed by atoms with Gasteiger partial charge in [0.25, 0.3) is 15.9 Å². The SMILES string of the molecule is Cc1ccccc1C(=O)Nc1nnc(S(=O)(=O)NCCSc2ccc(Cl)cc2)s1. The van der Waals surface area contributed by atoms with Crippen LogP contribution in [0.4, 0.5) is 5.13 Å². The van der Waals surface area contributed by atoms with Crippen molar-refractivity contribution in [1.82, 2.24) is 14.9 Å². The summed E-state index contributed by atoms with van der Waals surface area (Å²) in [5.74, 6) is 0.173. The van der Waals surface area contributed by atoms with Crippen LogP contribution in [0.1, 0.15) is 15.9 Å². The van der Waals surface area contributed by atoms with E-state index < -0.39 is 10.0 Å². The highest BCUT2D eigenvalue weighted by Crippen LogP contribution is 2.22. The molecule has 3 rings (SSSR count). The lowest BCUT2D eigenvalue weighted by molar-refractivity contribution is 0.102. The summed E-state index contributed by atoms with van der Waals surface area (Å²) in [6.07, 6.45) is 0. The molecule has 0 fully saturated rings. The maximum atomic E-state index is 12.4. The molecule has 1 heterocycles. The van der Waals surface area contributed by atoms with Crippen LogP contribution >= 0.6 is 34.7 Å². The quantitative estimate of drug-likeness (QED) is 0.296. The molecule has 2 N–H and O–H groups in total. The highest BCUT2D eigenvalue weighted by molar-refractivity contribution is 7.99. The Morgan fingerprint density at radius 1 is 1.14 bits per heavy atom. The molecule has 3 aromatic rings. The van der Waals surface area contributed by atoms with E-state index in [1.54, 1.807) is 24.3 Å². The van der Waals surface area contributed by atoms with Gasteiger partial charge in [0.2, 0.25) is 9.47 Å². The highest BCUT2D eigenvalue weighted by Gasteiger charge is 2.21. The molecule has 1 aromatic heterocycles. The number of aromatic nitrogens is 2. The van der Waals surface area contributed by atoms with Gasteiger partial charge in [0, 0.05) is 27.8 Å². The van der Waals surface area contributed by atoms with Gasteiger partial charge in [0.1, 0.15) is 0 Å². The van der Waals surface area contributed by atoms with Crippen LogP contribution in [0.25, 0.3) is 0 Å². The molecule has 0 aliphatic heterocycles. The van der Waals surface area contributed by atoms with E-state index in [-0.39, 0.29) is 21.9 Å². The lowest BCUT2D eigenvalue weighted by Crippen LogP contribution is -2.25. The van der Waals surface area contributed by atoms with Crippen LogP contribution in [0.3, 0.4) is 0 Å². The van der Waals surface area contributed by atoms with Gasteiger partial charge in [-0.25, -0.2) is 13.1 Å². The summed E-state index contributed by atoms with van der Waals surface area (Å²) in [6, 6.07) is 14.4. The second kappa shape index (κ2) is 9.68. The van der Waals surface area contributed by atoms with Crippen molar-refractivity contribution in [1.29, 1.82) is 0 Å². The summed E-state index contributed by atoms with van der Waals surface area (Å²) in [7, 11) is -3.80. The van der Waals surface area contributed by atoms with Crippen LogP contribution in [0, 0.1) is 6.92 Å². The maximum absolute atomic E-state index is 12.4. The van der Waals surface area contributed by atoms with E-state index in [9.17, 15) is 13.2 Å². The first-order valence-corrected chi connectivity index (χ1v) is 12.1. The molecule has 0 aliphatic rings. The van der Waals surface area contributed by atoms with Crippen LogP contribution in [0.15, 0.2) is 57.8 Å². The van der Waals surface area contributed by atoms with Gasteiger partial charge in [-0.15, -0.1) is 22.0 Å². The molecule has 11 heteroatoms. The Labute approximate surface area is 182 Å². The topological polar surface area (TPSA) is 101 Å². The van der Waals surface area contributed by atoms with Gasteiger partial charge in [0.15, 0.2) is 0 Å². The van der Waals surface area contributed by atoms with E-state index in [1.807, 2.05) is 31.2 Å². The minimum Gasteiger partial charge on any atom is -0.296 e. The molecule has 0 saturated heterocycles. The van der Waals surface area contributed by atoms with Crippen molar-refractivity contribution < 1.29 is 13.2 Å². The Bertz CT molecular complexity index is 1100. The van der Waals surface area contributed by atoms with Crippen LogP contribution in [-0.4, -0.2) is 36.8 Å². The molecule has 1 amide bonds. The first kappa shape index (κ1) is 21.7. The lowest BCUT2D eigenvalue weighted by Gasteiger charge is -2.04. The second-order valence-electron chi connectivity index (χ2n) is 5.84. The molecule has 0 bridgehead atoms. The Kier molecular flexibility index (Phi) is 7.25. The Morgan fingerprint density at radius 3 is 2.59 bits per heavy atom. The molecule has 0 spiro atoms. The largest absolute Gasteiger partial charge is 0.296 e. The molecule has 0 aliphatic carbocycles. The molecule has 0 unspecified atom stereocenters. The van der Waals surface area contributed by atoms with Crippen LogP contribution < -0.4 is 10.0 Å². The third kappa shape index (κ3) is 6.00. The van der Waals surface area contributed by atoms with E-state index >= 15 is 0 Å². The zero-order chi connectivity index (χ0) is 20.9. The summed E-state index contributed by atoms with van der Waals surface area (Å²) in [5.41, 5.74) is 1.30. The predicted molar refractivity (Wildman–Crippen MR) is 116 cm³/mol. The molecular formula is C18H17ClN4O3S3. The van der Waals surface area contributed by atoms with Crippen LogP contribution in [-0.2, 0) is 10.0 Å². The molecule has 29 heavy (non-hydrogen) atoms. The standard InChI is InChI=1S/C18H17ClN4O3S3/c1-12-4-2-3-5-15(12)16(24)21-17-22-23-18(28-17)29(25,26)20-10-11-27-14-8-6-13(19)7-9-14/h2-9,20H,10-11H2,1H3,(H,21,22,24). The van der Waals surface area contributed by atoms with E-state index in [0.717, 1.165) is 21.8 Å². The summed E-state index contributed by atoms with van der Waals surface area (Å²) in [4.78, 5) is 13.3. The number of sulfonamides is 1. The van der Waals surface area contributed by atoms with E-state index in [4.69, 9.17) is 11.6 Å². The number of halogens is 1. The molecule has 0 atom stereocenters. The number of rotatable bonds is 8. The third-order valence-corrected chi connectivity index (χ3v) is 7.66. The van der Waals surface area contributed by atoms with Crippen molar-refractivity contribution in [3.63, 3.8) is 0 Å². The number of amides is 1. The number of hydrogen-bond acceptors (Lipinski definition) is 7. The lowest BCUT2D eigenvalue weighted by atomic mass is 10.1. The number of hydrogen-bond donors (Lipinski definition) is 2. The van der Waals surface area contributed by atoms with Gasteiger partial charge in [-0.1, -0.05) is 41.1 Å². The number of carbonyl (C=O) groups is 1. The van der Waals surface area contributed by atoms with Gasteiger partial charge in [0.05, 0.1) is 0 Å². The minimum atomic E-state index is -3.80. The van der Waals surface area contributed by atoms with Crippen molar-refractivity contribution in [2.45, 2.75) is 16.2 Å². The fraction of sp³-hybridized carbons (Fsp3) is 0.167. The van der Waals surface area contributed by atoms with E-state index in [2.05, 4.69) is 20.2 Å². The molecular weight excluding hydrogens is 452 g/mol. The third-order valence-electron chi connectivity index (χ3n) is 3.72. The zero-order valence-electron chi connectivity index (χ0n) is 15.3. The van der Waals surface area contributed by atoms with E-state index in [0.29, 0.717) is 16.3 Å². The molecule has 7 nitrogen and oxygen atoms in total. The first-order chi connectivity index (χ1) is 13.8. The number of thioether (sulfide) groups is 1. The second-order valence-corrected chi connectivity index (χ2v) is 10.4. The number of nitrogens with one attached hydrogen (secondary N) is 2. The number of aryl methyl sites for hydroxylation is 1. The van der Waals surface area contributed by atoms with Gasteiger partial charge >= 0.3 is 0 Å². The maximum Gasteiger partial charge on any atom is 0.269 e. The summed E-state index contributed by atoms with van der Waals surface area (Å²) in [5, 5.41) is 10.8. The molecule has 2 aromatic carbocycles. The Balaban J connectivity index is 1.55. The van der Waals surface area contributed by atoms with Crippen molar-refractivity contribution in [2.75, 3.05) is 17.6 Å². The van der Waals surface area contributed by atoms with Crippen molar-refractivity contribution >= 4 is 55.8 Å². The van der Waals surface area contributed by atoms with Gasteiger partial charge < -0.3 is 0 Å². The average Bonchev–Trinajstić information content (AvgIpc) is 3.16. The van der Waals surface area contributed by atoms with Gasteiger partial charge in [-0.2, -0.15) is 0 Å².